The van der Waals surface area contributed by atoms with Gasteiger partial charge in [-0.2, -0.15) is 5.26 Å². The van der Waals surface area contributed by atoms with E-state index in [1.54, 1.807) is 12.1 Å². The number of nitrogen functional groups attached to an aromatic ring is 1. The fourth-order valence-electron chi connectivity index (χ4n) is 1.37. The largest absolute Gasteiger partial charge is 0.490 e. The number of nitriles is 1. The molecule has 1 aromatic carbocycles. The van der Waals surface area contributed by atoms with Gasteiger partial charge >= 0.3 is 0 Å². The van der Waals surface area contributed by atoms with E-state index < -0.39 is 0 Å². The van der Waals surface area contributed by atoms with E-state index in [4.69, 9.17) is 20.5 Å². The highest BCUT2D eigenvalue weighted by molar-refractivity contribution is 5.66. The van der Waals surface area contributed by atoms with Gasteiger partial charge in [-0.1, -0.05) is 0 Å². The van der Waals surface area contributed by atoms with Gasteiger partial charge in [0.05, 0.1) is 18.9 Å². The van der Waals surface area contributed by atoms with Gasteiger partial charge < -0.3 is 15.2 Å². The molecule has 4 heteroatoms. The van der Waals surface area contributed by atoms with Crippen molar-refractivity contribution in [3.05, 3.63) is 17.7 Å². The lowest BCUT2D eigenvalue weighted by molar-refractivity contribution is 0.296. The lowest BCUT2D eigenvalue weighted by Gasteiger charge is -2.09. The zero-order chi connectivity index (χ0) is 9.97. The molecule has 1 heterocycles. The third kappa shape index (κ3) is 1.33. The van der Waals surface area contributed by atoms with Crippen molar-refractivity contribution in [2.45, 2.75) is 6.42 Å². The van der Waals surface area contributed by atoms with Crippen molar-refractivity contribution in [2.24, 2.45) is 0 Å². The molecule has 0 aromatic heterocycles. The van der Waals surface area contributed by atoms with E-state index in [9.17, 15) is 0 Å². The Morgan fingerprint density at radius 3 is 2.86 bits per heavy atom. The smallest absolute Gasteiger partial charge is 0.181 e. The molecule has 0 spiro atoms. The van der Waals surface area contributed by atoms with Gasteiger partial charge in [-0.15, -0.1) is 0 Å². The van der Waals surface area contributed by atoms with Crippen LogP contribution in [0.1, 0.15) is 12.0 Å². The van der Waals surface area contributed by atoms with Crippen molar-refractivity contribution in [1.82, 2.24) is 0 Å². The van der Waals surface area contributed by atoms with Gasteiger partial charge in [0.25, 0.3) is 0 Å². The quantitative estimate of drug-likeness (QED) is 0.626. The highest BCUT2D eigenvalue weighted by atomic mass is 16.5. The zero-order valence-corrected chi connectivity index (χ0v) is 7.62. The second-order valence-electron chi connectivity index (χ2n) is 3.02. The molecule has 0 bridgehead atoms. The van der Waals surface area contributed by atoms with Gasteiger partial charge in [0.1, 0.15) is 11.6 Å². The number of anilines is 1. The van der Waals surface area contributed by atoms with E-state index in [2.05, 4.69) is 0 Å². The van der Waals surface area contributed by atoms with Gasteiger partial charge in [-0.05, 0) is 12.1 Å². The molecule has 0 saturated carbocycles. The second kappa shape index (κ2) is 3.46. The van der Waals surface area contributed by atoms with Gasteiger partial charge in [0.2, 0.25) is 0 Å². The summed E-state index contributed by atoms with van der Waals surface area (Å²) in [5, 5.41) is 8.90. The molecule has 0 saturated heterocycles. The van der Waals surface area contributed by atoms with Crippen LogP contribution < -0.4 is 15.2 Å². The second-order valence-corrected chi connectivity index (χ2v) is 3.02. The third-order valence-electron chi connectivity index (χ3n) is 2.06. The maximum absolute atomic E-state index is 8.90. The van der Waals surface area contributed by atoms with Gasteiger partial charge in [-0.25, -0.2) is 0 Å². The summed E-state index contributed by atoms with van der Waals surface area (Å²) in [6, 6.07) is 5.41. The number of hydrogen-bond acceptors (Lipinski definition) is 4. The molecule has 0 aliphatic carbocycles. The predicted molar refractivity (Wildman–Crippen MR) is 51.2 cm³/mol. The molecule has 1 aliphatic heterocycles. The van der Waals surface area contributed by atoms with Crippen LogP contribution in [0.4, 0.5) is 5.69 Å². The highest BCUT2D eigenvalue weighted by Crippen LogP contribution is 2.35. The SMILES string of the molecule is N#Cc1c(N)ccc2c1OCCCO2. The Hall–Kier alpha value is -1.89. The maximum Gasteiger partial charge on any atom is 0.181 e. The molecule has 0 unspecified atom stereocenters. The van der Waals surface area contributed by atoms with Crippen molar-refractivity contribution >= 4 is 5.69 Å². The molecule has 0 amide bonds. The number of benzene rings is 1. The highest BCUT2D eigenvalue weighted by Gasteiger charge is 2.16. The summed E-state index contributed by atoms with van der Waals surface area (Å²) in [5.41, 5.74) is 6.44. The van der Waals surface area contributed by atoms with Crippen LogP contribution in [-0.2, 0) is 0 Å². The van der Waals surface area contributed by atoms with E-state index in [-0.39, 0.29) is 0 Å². The first kappa shape index (κ1) is 8.70. The van der Waals surface area contributed by atoms with Crippen LogP contribution in [0.5, 0.6) is 11.5 Å². The predicted octanol–water partition coefficient (Wildman–Crippen LogP) is 1.30. The molecule has 0 atom stereocenters. The minimum Gasteiger partial charge on any atom is -0.490 e. The lowest BCUT2D eigenvalue weighted by Crippen LogP contribution is -1.99. The molecule has 72 valence electrons. The molecular weight excluding hydrogens is 180 g/mol. The Bertz CT molecular complexity index is 396. The van der Waals surface area contributed by atoms with Gasteiger partial charge in [-0.3, -0.25) is 0 Å². The van der Waals surface area contributed by atoms with E-state index >= 15 is 0 Å². The Balaban J connectivity index is 2.55. The lowest BCUT2D eigenvalue weighted by atomic mass is 10.1. The van der Waals surface area contributed by atoms with Crippen molar-refractivity contribution < 1.29 is 9.47 Å². The summed E-state index contributed by atoms with van der Waals surface area (Å²) < 4.78 is 10.8. The standard InChI is InChI=1S/C10H10N2O2/c11-6-7-8(12)2-3-9-10(7)14-5-1-4-13-9/h2-3H,1,4-5,12H2. The molecule has 1 aliphatic rings. The summed E-state index contributed by atoms with van der Waals surface area (Å²) in [4.78, 5) is 0. The molecular formula is C10H10N2O2. The Kier molecular flexibility index (Phi) is 2.15. The average molecular weight is 190 g/mol. The van der Waals surface area contributed by atoms with Crippen molar-refractivity contribution in [1.29, 1.82) is 5.26 Å². The van der Waals surface area contributed by atoms with Crippen LogP contribution in [0.3, 0.4) is 0 Å². The number of hydrogen-bond donors (Lipinski definition) is 1. The molecule has 1 aromatic rings. The molecule has 2 rings (SSSR count). The van der Waals surface area contributed by atoms with Crippen LogP contribution in [-0.4, -0.2) is 13.2 Å². The van der Waals surface area contributed by atoms with E-state index in [1.807, 2.05) is 6.07 Å². The zero-order valence-electron chi connectivity index (χ0n) is 7.62. The number of nitrogens with two attached hydrogens (primary N) is 1. The van der Waals surface area contributed by atoms with E-state index in [0.717, 1.165) is 6.42 Å². The monoisotopic (exact) mass is 190 g/mol. The first-order valence-corrected chi connectivity index (χ1v) is 4.41. The average Bonchev–Trinajstić information content (AvgIpc) is 2.42. The normalized spacial score (nSPS) is 14.2. The van der Waals surface area contributed by atoms with Crippen LogP contribution in [0.25, 0.3) is 0 Å². The summed E-state index contributed by atoms with van der Waals surface area (Å²) in [6.07, 6.45) is 0.819. The Labute approximate surface area is 81.8 Å². The van der Waals surface area contributed by atoms with Gasteiger partial charge in [0.15, 0.2) is 11.5 Å². The van der Waals surface area contributed by atoms with Crippen LogP contribution in [0, 0.1) is 11.3 Å². The molecule has 0 radical (unpaired) electrons. The minimum atomic E-state index is 0.365. The summed E-state index contributed by atoms with van der Waals surface area (Å²) in [6.45, 7) is 1.17. The van der Waals surface area contributed by atoms with Crippen molar-refractivity contribution in [2.75, 3.05) is 18.9 Å². The number of ether oxygens (including phenoxy) is 2. The molecule has 2 N–H and O–H groups in total. The third-order valence-corrected chi connectivity index (χ3v) is 2.06. The summed E-state index contributed by atoms with van der Waals surface area (Å²) >= 11 is 0. The van der Waals surface area contributed by atoms with Crippen LogP contribution in [0.2, 0.25) is 0 Å². The Morgan fingerprint density at radius 2 is 2.07 bits per heavy atom. The topological polar surface area (TPSA) is 68.3 Å². The fourth-order valence-corrected chi connectivity index (χ4v) is 1.37. The maximum atomic E-state index is 8.90. The van der Waals surface area contributed by atoms with Crippen molar-refractivity contribution in [3.8, 4) is 17.6 Å². The number of rotatable bonds is 0. The summed E-state index contributed by atoms with van der Waals surface area (Å²) in [7, 11) is 0. The van der Waals surface area contributed by atoms with Gasteiger partial charge in [0, 0.05) is 6.42 Å². The molecule has 0 fully saturated rings. The fraction of sp³-hybridized carbons (Fsp3) is 0.300. The number of nitrogens with zero attached hydrogens (tertiary/aromatic N) is 1. The first-order valence-electron chi connectivity index (χ1n) is 4.41. The first-order chi connectivity index (χ1) is 6.83. The van der Waals surface area contributed by atoms with Crippen molar-refractivity contribution in [3.63, 3.8) is 0 Å². The Morgan fingerprint density at radius 1 is 1.29 bits per heavy atom. The molecule has 4 nitrogen and oxygen atoms in total. The number of fused-ring (bicyclic) bond motifs is 1. The minimum absolute atomic E-state index is 0.365. The molecule has 14 heavy (non-hydrogen) atoms. The summed E-state index contributed by atoms with van der Waals surface area (Å²) in [5.74, 6) is 1.08. The van der Waals surface area contributed by atoms with E-state index in [0.29, 0.717) is 36.0 Å². The van der Waals surface area contributed by atoms with E-state index in [1.165, 1.54) is 0 Å². The van der Waals surface area contributed by atoms with Crippen LogP contribution >= 0.6 is 0 Å². The van der Waals surface area contributed by atoms with Crippen LogP contribution in [0.15, 0.2) is 12.1 Å².